The highest BCUT2D eigenvalue weighted by molar-refractivity contribution is 7.93. The summed E-state index contributed by atoms with van der Waals surface area (Å²) >= 11 is 1.20. The summed E-state index contributed by atoms with van der Waals surface area (Å²) in [4.78, 5) is 0. The molecule has 0 aromatic heterocycles. The number of nitrogens with zero attached hydrogens (tertiary/aromatic N) is 1. The summed E-state index contributed by atoms with van der Waals surface area (Å²) in [6, 6.07) is 0. The second-order valence-corrected chi connectivity index (χ2v) is 5.99. The van der Waals surface area contributed by atoms with E-state index >= 15 is 0 Å². The van der Waals surface area contributed by atoms with Gasteiger partial charge in [0.2, 0.25) is 0 Å². The van der Waals surface area contributed by atoms with Crippen molar-refractivity contribution in [3.8, 4) is 0 Å². The van der Waals surface area contributed by atoms with Crippen LogP contribution < -0.4 is 0 Å². The molecule has 0 fully saturated rings. The van der Waals surface area contributed by atoms with Gasteiger partial charge >= 0.3 is 0 Å². The van der Waals surface area contributed by atoms with Crippen molar-refractivity contribution in [3.63, 3.8) is 0 Å². The Morgan fingerprint density at radius 3 is 1.79 bits per heavy atom. The minimum Gasteiger partial charge on any atom is -0.296 e. The molecule has 0 aromatic rings. The summed E-state index contributed by atoms with van der Waals surface area (Å²) in [7, 11) is 0. The molecule has 0 rings (SSSR count). The topological polar surface area (TPSA) is 21.6 Å². The fraction of sp³-hybridized carbons (Fsp3) is 0.909. The molecule has 0 atom stereocenters. The van der Waals surface area contributed by atoms with Crippen molar-refractivity contribution in [2.75, 3.05) is 6.61 Å². The van der Waals surface area contributed by atoms with Crippen molar-refractivity contribution in [3.05, 3.63) is 0 Å². The van der Waals surface area contributed by atoms with Gasteiger partial charge in [0.15, 0.2) is 0 Å². The summed E-state index contributed by atoms with van der Waals surface area (Å²) < 4.78 is 9.65. The second kappa shape index (κ2) is 5.17. The van der Waals surface area contributed by atoms with Gasteiger partial charge in [-0.2, -0.15) is 4.40 Å². The highest BCUT2D eigenvalue weighted by Crippen LogP contribution is 2.31. The molecule has 0 heterocycles. The van der Waals surface area contributed by atoms with Gasteiger partial charge in [-0.05, 0) is 6.92 Å². The number of hydrogen-bond donors (Lipinski definition) is 0. The highest BCUT2D eigenvalue weighted by atomic mass is 32.2. The van der Waals surface area contributed by atoms with E-state index in [1.807, 2.05) is 6.92 Å². The van der Waals surface area contributed by atoms with Gasteiger partial charge in [-0.15, -0.1) is 0 Å². The van der Waals surface area contributed by atoms with E-state index in [4.69, 9.17) is 4.18 Å². The second-order valence-electron chi connectivity index (χ2n) is 5.42. The lowest BCUT2D eigenvalue weighted by atomic mass is 9.75. The molecule has 14 heavy (non-hydrogen) atoms. The number of rotatable bonds is 3. The first-order valence-electron chi connectivity index (χ1n) is 5.07. The van der Waals surface area contributed by atoms with E-state index in [1.165, 1.54) is 17.9 Å². The van der Waals surface area contributed by atoms with Crippen LogP contribution in [0.1, 0.15) is 48.5 Å². The Morgan fingerprint density at radius 2 is 1.50 bits per heavy atom. The van der Waals surface area contributed by atoms with Gasteiger partial charge in [0.05, 0.1) is 6.61 Å². The lowest BCUT2D eigenvalue weighted by Gasteiger charge is -2.31. The van der Waals surface area contributed by atoms with Crippen LogP contribution in [0.5, 0.6) is 0 Å². The first kappa shape index (κ1) is 14.0. The van der Waals surface area contributed by atoms with Crippen molar-refractivity contribution < 1.29 is 4.18 Å². The molecular formula is C11H23NOS. The van der Waals surface area contributed by atoms with Crippen LogP contribution in [0.3, 0.4) is 0 Å². The van der Waals surface area contributed by atoms with Crippen LogP contribution in [0.15, 0.2) is 4.40 Å². The average molecular weight is 217 g/mol. The van der Waals surface area contributed by atoms with Gasteiger partial charge in [0.25, 0.3) is 0 Å². The largest absolute Gasteiger partial charge is 0.296 e. The van der Waals surface area contributed by atoms with Crippen LogP contribution in [0.25, 0.3) is 0 Å². The summed E-state index contributed by atoms with van der Waals surface area (Å²) in [5, 5.41) is 0. The van der Waals surface area contributed by atoms with Gasteiger partial charge in [0, 0.05) is 16.5 Å². The summed E-state index contributed by atoms with van der Waals surface area (Å²) in [6.45, 7) is 15.8. The maximum atomic E-state index is 5.18. The predicted octanol–water partition coefficient (Wildman–Crippen LogP) is 4.12. The highest BCUT2D eigenvalue weighted by Gasteiger charge is 2.30. The molecule has 0 amide bonds. The average Bonchev–Trinajstić information content (AvgIpc) is 1.92. The normalized spacial score (nSPS) is 12.8. The van der Waals surface area contributed by atoms with Crippen LogP contribution in [0, 0.1) is 10.8 Å². The molecule has 0 aromatic carbocycles. The van der Waals surface area contributed by atoms with Crippen LogP contribution in [0.4, 0.5) is 0 Å². The molecule has 0 saturated heterocycles. The summed E-state index contributed by atoms with van der Waals surface area (Å²) in [5.41, 5.74) is 1.38. The minimum atomic E-state index is 0.0996. The van der Waals surface area contributed by atoms with Crippen LogP contribution >= 0.6 is 12.2 Å². The van der Waals surface area contributed by atoms with E-state index in [-0.39, 0.29) is 10.8 Å². The predicted molar refractivity (Wildman–Crippen MR) is 65.6 cm³/mol. The third kappa shape index (κ3) is 5.01. The van der Waals surface area contributed by atoms with Crippen molar-refractivity contribution in [2.45, 2.75) is 48.5 Å². The Balaban J connectivity index is 4.66. The molecule has 0 N–H and O–H groups in total. The molecule has 0 aliphatic carbocycles. The van der Waals surface area contributed by atoms with Crippen LogP contribution in [-0.4, -0.2) is 12.3 Å². The van der Waals surface area contributed by atoms with E-state index < -0.39 is 0 Å². The van der Waals surface area contributed by atoms with Crippen molar-refractivity contribution in [1.82, 2.24) is 0 Å². The van der Waals surface area contributed by atoms with Crippen LogP contribution in [-0.2, 0) is 4.18 Å². The zero-order valence-corrected chi connectivity index (χ0v) is 11.3. The summed E-state index contributed by atoms with van der Waals surface area (Å²) in [5.74, 6) is 0. The van der Waals surface area contributed by atoms with E-state index in [0.717, 1.165) is 0 Å². The maximum Gasteiger partial charge on any atom is 0.136 e. The minimum absolute atomic E-state index is 0.0996. The maximum absolute atomic E-state index is 5.18. The molecule has 0 spiro atoms. The molecule has 0 saturated carbocycles. The fourth-order valence-corrected chi connectivity index (χ4v) is 2.30. The Bertz CT molecular complexity index is 182. The monoisotopic (exact) mass is 217 g/mol. The molecule has 0 bridgehead atoms. The lowest BCUT2D eigenvalue weighted by molar-refractivity contribution is 0.401. The van der Waals surface area contributed by atoms with Gasteiger partial charge in [0.1, 0.15) is 12.2 Å². The zero-order chi connectivity index (χ0) is 11.4. The Kier molecular flexibility index (Phi) is 5.16. The molecule has 0 aliphatic heterocycles. The van der Waals surface area contributed by atoms with Gasteiger partial charge < -0.3 is 0 Å². The smallest absolute Gasteiger partial charge is 0.136 e. The third-order valence-corrected chi connectivity index (χ3v) is 2.32. The van der Waals surface area contributed by atoms with E-state index in [1.54, 1.807) is 0 Å². The lowest BCUT2D eigenvalue weighted by Crippen LogP contribution is -2.32. The molecule has 0 aliphatic rings. The molecule has 2 nitrogen and oxygen atoms in total. The van der Waals surface area contributed by atoms with Crippen LogP contribution in [0.2, 0.25) is 0 Å². The first-order valence-corrected chi connectivity index (χ1v) is 5.77. The van der Waals surface area contributed by atoms with Crippen molar-refractivity contribution in [1.29, 1.82) is 0 Å². The molecule has 0 radical (unpaired) electrons. The molecule has 0 unspecified atom stereocenters. The van der Waals surface area contributed by atoms with E-state index in [2.05, 4.69) is 45.9 Å². The Hall–Kier alpha value is -0.0200. The van der Waals surface area contributed by atoms with Crippen molar-refractivity contribution >= 4 is 17.9 Å². The molecular weight excluding hydrogens is 194 g/mol. The SMILES string of the molecule is CCOSN=C(C(C)(C)C)C(C)(C)C. The fourth-order valence-electron chi connectivity index (χ4n) is 1.52. The molecule has 84 valence electrons. The Labute approximate surface area is 92.9 Å². The summed E-state index contributed by atoms with van der Waals surface area (Å²) in [6.07, 6.45) is 0. The standard InChI is InChI=1S/C11H23NOS/c1-8-13-14-12-9(10(2,3)4)11(5,6)7/h8H2,1-7H3. The van der Waals surface area contributed by atoms with Gasteiger partial charge in [-0.1, -0.05) is 41.5 Å². The van der Waals surface area contributed by atoms with Gasteiger partial charge in [-0.25, -0.2) is 0 Å². The van der Waals surface area contributed by atoms with E-state index in [0.29, 0.717) is 6.61 Å². The first-order chi connectivity index (χ1) is 6.19. The Morgan fingerprint density at radius 1 is 1.07 bits per heavy atom. The van der Waals surface area contributed by atoms with Crippen molar-refractivity contribution in [2.24, 2.45) is 15.2 Å². The quantitative estimate of drug-likeness (QED) is 0.307. The van der Waals surface area contributed by atoms with E-state index in [9.17, 15) is 0 Å². The third-order valence-electron chi connectivity index (χ3n) is 1.72. The number of hydrogen-bond acceptors (Lipinski definition) is 3. The zero-order valence-electron chi connectivity index (χ0n) is 10.5. The van der Waals surface area contributed by atoms with Gasteiger partial charge in [-0.3, -0.25) is 4.18 Å². The molecule has 3 heteroatoms.